The van der Waals surface area contributed by atoms with E-state index in [1.807, 2.05) is 13.8 Å². The van der Waals surface area contributed by atoms with Crippen molar-refractivity contribution in [1.82, 2.24) is 9.97 Å². The standard InChI is InChI=1S/C13H21N3O2/c1-9(2)18-8-4-7-14-13-15-11-6-3-5-10(11)12(17)16-13/h9H,3-8H2,1-2H3,(H2,14,15,16,17). The second kappa shape index (κ2) is 6.00. The first-order chi connectivity index (χ1) is 8.66. The fourth-order valence-corrected chi connectivity index (χ4v) is 2.12. The van der Waals surface area contributed by atoms with Gasteiger partial charge in [-0.05, 0) is 39.5 Å². The van der Waals surface area contributed by atoms with Crippen LogP contribution in [0.15, 0.2) is 4.79 Å². The predicted octanol–water partition coefficient (Wildman–Crippen LogP) is 1.49. The highest BCUT2D eigenvalue weighted by Crippen LogP contribution is 2.16. The van der Waals surface area contributed by atoms with E-state index in [-0.39, 0.29) is 11.7 Å². The number of hydrogen-bond donors (Lipinski definition) is 2. The molecule has 0 unspecified atom stereocenters. The van der Waals surface area contributed by atoms with Gasteiger partial charge < -0.3 is 10.1 Å². The molecule has 18 heavy (non-hydrogen) atoms. The smallest absolute Gasteiger partial charge is 0.255 e. The lowest BCUT2D eigenvalue weighted by molar-refractivity contribution is 0.0787. The fourth-order valence-electron chi connectivity index (χ4n) is 2.12. The van der Waals surface area contributed by atoms with E-state index in [1.54, 1.807) is 0 Å². The van der Waals surface area contributed by atoms with Crippen LogP contribution in [0, 0.1) is 0 Å². The summed E-state index contributed by atoms with van der Waals surface area (Å²) in [5.74, 6) is 0.588. The van der Waals surface area contributed by atoms with Crippen molar-refractivity contribution in [3.05, 3.63) is 21.6 Å². The third-order valence-electron chi connectivity index (χ3n) is 3.01. The van der Waals surface area contributed by atoms with Crippen molar-refractivity contribution in [2.45, 2.75) is 45.6 Å². The molecule has 5 heteroatoms. The Labute approximate surface area is 107 Å². The normalized spacial score (nSPS) is 13.9. The number of aromatic amines is 1. The van der Waals surface area contributed by atoms with Crippen LogP contribution in [0.4, 0.5) is 5.95 Å². The van der Waals surface area contributed by atoms with E-state index >= 15 is 0 Å². The van der Waals surface area contributed by atoms with E-state index < -0.39 is 0 Å². The van der Waals surface area contributed by atoms with Crippen molar-refractivity contribution in [3.8, 4) is 0 Å². The minimum absolute atomic E-state index is 0.0124. The van der Waals surface area contributed by atoms with E-state index in [0.29, 0.717) is 5.95 Å². The van der Waals surface area contributed by atoms with Crippen molar-refractivity contribution in [1.29, 1.82) is 0 Å². The van der Waals surface area contributed by atoms with Gasteiger partial charge in [-0.15, -0.1) is 0 Å². The maximum absolute atomic E-state index is 11.7. The number of anilines is 1. The molecule has 2 rings (SSSR count). The molecule has 0 amide bonds. The van der Waals surface area contributed by atoms with Crippen LogP contribution in [0.25, 0.3) is 0 Å². The summed E-state index contributed by atoms with van der Waals surface area (Å²) in [4.78, 5) is 19.0. The van der Waals surface area contributed by atoms with Gasteiger partial charge in [-0.1, -0.05) is 0 Å². The summed E-state index contributed by atoms with van der Waals surface area (Å²) in [5.41, 5.74) is 1.84. The first-order valence-electron chi connectivity index (χ1n) is 6.64. The first-order valence-corrected chi connectivity index (χ1v) is 6.64. The summed E-state index contributed by atoms with van der Waals surface area (Å²) in [6.45, 7) is 5.52. The van der Waals surface area contributed by atoms with Gasteiger partial charge in [0.15, 0.2) is 0 Å². The van der Waals surface area contributed by atoms with Gasteiger partial charge in [0.2, 0.25) is 5.95 Å². The maximum atomic E-state index is 11.7. The van der Waals surface area contributed by atoms with Gasteiger partial charge in [0, 0.05) is 18.7 Å². The van der Waals surface area contributed by atoms with Crippen LogP contribution in [0.1, 0.15) is 37.9 Å². The highest BCUT2D eigenvalue weighted by atomic mass is 16.5. The van der Waals surface area contributed by atoms with Crippen molar-refractivity contribution >= 4 is 5.95 Å². The van der Waals surface area contributed by atoms with E-state index in [4.69, 9.17) is 4.74 Å². The SMILES string of the molecule is CC(C)OCCCNc1nc2c(c(=O)[nH]1)CCC2. The zero-order chi connectivity index (χ0) is 13.0. The molecule has 0 saturated carbocycles. The van der Waals surface area contributed by atoms with Gasteiger partial charge in [0.25, 0.3) is 5.56 Å². The van der Waals surface area contributed by atoms with Crippen LogP contribution in [0.5, 0.6) is 0 Å². The van der Waals surface area contributed by atoms with Gasteiger partial charge in [-0.2, -0.15) is 0 Å². The Morgan fingerprint density at radius 2 is 2.28 bits per heavy atom. The number of hydrogen-bond acceptors (Lipinski definition) is 4. The highest BCUT2D eigenvalue weighted by molar-refractivity contribution is 5.31. The van der Waals surface area contributed by atoms with Crippen molar-refractivity contribution < 1.29 is 4.74 Å². The molecule has 1 aliphatic carbocycles. The fraction of sp³-hybridized carbons (Fsp3) is 0.692. The Morgan fingerprint density at radius 1 is 1.44 bits per heavy atom. The average molecular weight is 251 g/mol. The Balaban J connectivity index is 1.83. The molecule has 2 N–H and O–H groups in total. The number of aromatic nitrogens is 2. The van der Waals surface area contributed by atoms with Gasteiger partial charge in [-0.25, -0.2) is 4.98 Å². The first kappa shape index (κ1) is 13.1. The average Bonchev–Trinajstić information content (AvgIpc) is 2.77. The number of ether oxygens (including phenoxy) is 1. The van der Waals surface area contributed by atoms with Crippen molar-refractivity contribution in [2.24, 2.45) is 0 Å². The molecule has 1 heterocycles. The molecule has 0 bridgehead atoms. The minimum atomic E-state index is 0.0124. The summed E-state index contributed by atoms with van der Waals surface area (Å²) < 4.78 is 5.45. The Kier molecular flexibility index (Phi) is 4.36. The number of aryl methyl sites for hydroxylation is 1. The largest absolute Gasteiger partial charge is 0.379 e. The summed E-state index contributed by atoms with van der Waals surface area (Å²) in [7, 11) is 0. The number of H-pyrrole nitrogens is 1. The molecular formula is C13H21N3O2. The lowest BCUT2D eigenvalue weighted by atomic mass is 10.3. The molecule has 0 saturated heterocycles. The molecule has 0 aromatic carbocycles. The van der Waals surface area contributed by atoms with Crippen LogP contribution in [-0.4, -0.2) is 29.2 Å². The second-order valence-corrected chi connectivity index (χ2v) is 4.89. The summed E-state index contributed by atoms with van der Waals surface area (Å²) in [6.07, 6.45) is 3.99. The highest BCUT2D eigenvalue weighted by Gasteiger charge is 2.16. The van der Waals surface area contributed by atoms with E-state index in [0.717, 1.165) is 50.1 Å². The van der Waals surface area contributed by atoms with Gasteiger partial charge in [0.1, 0.15) is 0 Å². The van der Waals surface area contributed by atoms with E-state index in [2.05, 4.69) is 15.3 Å². The topological polar surface area (TPSA) is 67.0 Å². The zero-order valence-corrected chi connectivity index (χ0v) is 11.1. The van der Waals surface area contributed by atoms with E-state index in [1.165, 1.54) is 0 Å². The molecule has 100 valence electrons. The molecule has 0 aliphatic heterocycles. The number of fused-ring (bicyclic) bond motifs is 1. The molecule has 1 aromatic heterocycles. The number of nitrogens with zero attached hydrogens (tertiary/aromatic N) is 1. The number of nitrogens with one attached hydrogen (secondary N) is 2. The van der Waals surface area contributed by atoms with Crippen molar-refractivity contribution in [3.63, 3.8) is 0 Å². The molecule has 1 aromatic rings. The van der Waals surface area contributed by atoms with Crippen LogP contribution in [-0.2, 0) is 17.6 Å². The Hall–Kier alpha value is -1.36. The van der Waals surface area contributed by atoms with Gasteiger partial charge >= 0.3 is 0 Å². The number of rotatable bonds is 6. The lowest BCUT2D eigenvalue weighted by Gasteiger charge is -2.09. The van der Waals surface area contributed by atoms with Crippen LogP contribution in [0.3, 0.4) is 0 Å². The molecule has 0 fully saturated rings. The monoisotopic (exact) mass is 251 g/mol. The van der Waals surface area contributed by atoms with Gasteiger partial charge in [-0.3, -0.25) is 9.78 Å². The third-order valence-corrected chi connectivity index (χ3v) is 3.01. The maximum Gasteiger partial charge on any atom is 0.255 e. The third kappa shape index (κ3) is 3.32. The molecule has 0 atom stereocenters. The predicted molar refractivity (Wildman–Crippen MR) is 71.1 cm³/mol. The van der Waals surface area contributed by atoms with Crippen molar-refractivity contribution in [2.75, 3.05) is 18.5 Å². The Bertz CT molecular complexity index is 454. The van der Waals surface area contributed by atoms with Crippen LogP contribution in [0.2, 0.25) is 0 Å². The van der Waals surface area contributed by atoms with Crippen LogP contribution >= 0.6 is 0 Å². The summed E-state index contributed by atoms with van der Waals surface area (Å²) in [6, 6.07) is 0. The molecule has 0 radical (unpaired) electrons. The Morgan fingerprint density at radius 3 is 3.06 bits per heavy atom. The van der Waals surface area contributed by atoms with E-state index in [9.17, 15) is 4.79 Å². The second-order valence-electron chi connectivity index (χ2n) is 4.89. The minimum Gasteiger partial charge on any atom is -0.379 e. The summed E-state index contributed by atoms with van der Waals surface area (Å²) in [5, 5.41) is 3.14. The summed E-state index contributed by atoms with van der Waals surface area (Å²) >= 11 is 0. The molecule has 0 spiro atoms. The molecular weight excluding hydrogens is 230 g/mol. The van der Waals surface area contributed by atoms with Gasteiger partial charge in [0.05, 0.1) is 11.8 Å². The molecule has 1 aliphatic rings. The quantitative estimate of drug-likeness (QED) is 0.752. The molecule has 5 nitrogen and oxygen atoms in total. The zero-order valence-electron chi connectivity index (χ0n) is 11.1. The lowest BCUT2D eigenvalue weighted by Crippen LogP contribution is -2.18. The van der Waals surface area contributed by atoms with Crippen LogP contribution < -0.4 is 10.9 Å².